The van der Waals surface area contributed by atoms with Crippen molar-refractivity contribution in [1.29, 1.82) is 0 Å². The minimum absolute atomic E-state index is 0.103. The van der Waals surface area contributed by atoms with Crippen LogP contribution in [0, 0.1) is 11.7 Å². The number of carbonyl (C=O) groups is 2. The smallest absolute Gasteiger partial charge is 0.320 e. The van der Waals surface area contributed by atoms with Crippen molar-refractivity contribution in [1.82, 2.24) is 4.90 Å². The van der Waals surface area contributed by atoms with E-state index in [4.69, 9.17) is 10.2 Å². The van der Waals surface area contributed by atoms with Gasteiger partial charge in [0.1, 0.15) is 11.9 Å². The van der Waals surface area contributed by atoms with Crippen LogP contribution in [0.1, 0.15) is 12.0 Å². The largest absolute Gasteiger partial charge is 0.481 e. The molecule has 1 aliphatic rings. The summed E-state index contributed by atoms with van der Waals surface area (Å²) in [7, 11) is 0. The number of benzene rings is 1. The number of halogens is 1. The zero-order chi connectivity index (χ0) is 14.0. The normalized spacial score (nSPS) is 23.4. The van der Waals surface area contributed by atoms with Gasteiger partial charge in [-0.2, -0.15) is 0 Å². The molecule has 6 heteroatoms. The van der Waals surface area contributed by atoms with Crippen molar-refractivity contribution in [3.63, 3.8) is 0 Å². The lowest BCUT2D eigenvalue weighted by Gasteiger charge is -2.20. The fraction of sp³-hybridized carbons (Fsp3) is 0.385. The number of carboxylic acids is 2. The summed E-state index contributed by atoms with van der Waals surface area (Å²) in [6.45, 7) is 0.505. The highest BCUT2D eigenvalue weighted by atomic mass is 19.1. The molecule has 0 aliphatic carbocycles. The van der Waals surface area contributed by atoms with Crippen LogP contribution in [0.3, 0.4) is 0 Å². The molecule has 0 bridgehead atoms. The van der Waals surface area contributed by atoms with Gasteiger partial charge in [0.2, 0.25) is 0 Å². The number of rotatable bonds is 4. The first kappa shape index (κ1) is 13.5. The third-order valence-corrected chi connectivity index (χ3v) is 3.34. The average molecular weight is 267 g/mol. The Bertz CT molecular complexity index is 488. The second-order valence-corrected chi connectivity index (χ2v) is 4.68. The Balaban J connectivity index is 2.10. The van der Waals surface area contributed by atoms with E-state index in [1.807, 2.05) is 0 Å². The molecule has 1 aliphatic heterocycles. The number of aliphatic carboxylic acids is 2. The van der Waals surface area contributed by atoms with Crippen molar-refractivity contribution in [3.05, 3.63) is 35.6 Å². The highest BCUT2D eigenvalue weighted by Gasteiger charge is 2.39. The maximum atomic E-state index is 12.8. The van der Waals surface area contributed by atoms with E-state index in [1.54, 1.807) is 17.0 Å². The molecular formula is C13H14FNO4. The van der Waals surface area contributed by atoms with Crippen LogP contribution in [0.15, 0.2) is 24.3 Å². The monoisotopic (exact) mass is 267 g/mol. The molecule has 19 heavy (non-hydrogen) atoms. The SMILES string of the molecule is O=C(O)[C@H]1C[C@@H](C(=O)O)N(Cc2ccc(F)cc2)C1. The van der Waals surface area contributed by atoms with E-state index in [1.165, 1.54) is 12.1 Å². The molecule has 2 N–H and O–H groups in total. The molecule has 0 aromatic heterocycles. The van der Waals surface area contributed by atoms with Crippen molar-refractivity contribution < 1.29 is 24.2 Å². The van der Waals surface area contributed by atoms with Gasteiger partial charge < -0.3 is 10.2 Å². The van der Waals surface area contributed by atoms with E-state index in [0.29, 0.717) is 6.54 Å². The summed E-state index contributed by atoms with van der Waals surface area (Å²) in [5.41, 5.74) is 0.763. The Hall–Kier alpha value is -1.95. The van der Waals surface area contributed by atoms with Crippen molar-refractivity contribution in [3.8, 4) is 0 Å². The third-order valence-electron chi connectivity index (χ3n) is 3.34. The Kier molecular flexibility index (Phi) is 3.80. The number of likely N-dealkylation sites (tertiary alicyclic amines) is 1. The number of hydrogen-bond acceptors (Lipinski definition) is 3. The van der Waals surface area contributed by atoms with Gasteiger partial charge in [0.25, 0.3) is 0 Å². The second kappa shape index (κ2) is 5.36. The van der Waals surface area contributed by atoms with Crippen molar-refractivity contribution in [2.24, 2.45) is 5.92 Å². The van der Waals surface area contributed by atoms with Crippen LogP contribution >= 0.6 is 0 Å². The van der Waals surface area contributed by atoms with Gasteiger partial charge in [-0.25, -0.2) is 4.39 Å². The molecule has 0 amide bonds. The molecule has 0 unspecified atom stereocenters. The predicted molar refractivity (Wildman–Crippen MR) is 64.0 cm³/mol. The minimum atomic E-state index is -1.02. The number of carboxylic acid groups (broad SMARTS) is 2. The standard InChI is InChI=1S/C13H14FNO4/c14-10-3-1-8(2-4-10)6-15-7-9(12(16)17)5-11(15)13(18)19/h1-4,9,11H,5-7H2,(H,16,17)(H,18,19)/t9-,11-/m0/s1. The zero-order valence-corrected chi connectivity index (χ0v) is 10.1. The number of hydrogen-bond donors (Lipinski definition) is 2. The third kappa shape index (κ3) is 3.08. The number of nitrogens with zero attached hydrogens (tertiary/aromatic N) is 1. The molecule has 1 aromatic rings. The van der Waals surface area contributed by atoms with Crippen LogP contribution in [0.25, 0.3) is 0 Å². The van der Waals surface area contributed by atoms with Gasteiger partial charge in [-0.05, 0) is 24.1 Å². The topological polar surface area (TPSA) is 77.8 Å². The van der Waals surface area contributed by atoms with Gasteiger partial charge in [0.15, 0.2) is 0 Å². The Morgan fingerprint density at radius 1 is 1.21 bits per heavy atom. The molecule has 1 saturated heterocycles. The summed E-state index contributed by atoms with van der Waals surface area (Å²) in [4.78, 5) is 23.7. The molecule has 0 radical (unpaired) electrons. The van der Waals surface area contributed by atoms with Crippen molar-refractivity contribution >= 4 is 11.9 Å². The minimum Gasteiger partial charge on any atom is -0.481 e. The van der Waals surface area contributed by atoms with Gasteiger partial charge in [0, 0.05) is 13.1 Å². The predicted octanol–water partition coefficient (Wildman–Crippen LogP) is 1.19. The lowest BCUT2D eigenvalue weighted by atomic mass is 10.1. The molecule has 5 nitrogen and oxygen atoms in total. The molecule has 0 spiro atoms. The van der Waals surface area contributed by atoms with E-state index in [2.05, 4.69) is 0 Å². The van der Waals surface area contributed by atoms with Gasteiger partial charge >= 0.3 is 11.9 Å². The summed E-state index contributed by atoms with van der Waals surface area (Å²) in [5, 5.41) is 18.1. The molecule has 1 heterocycles. The first-order valence-electron chi connectivity index (χ1n) is 5.91. The maximum Gasteiger partial charge on any atom is 0.320 e. The summed E-state index contributed by atoms with van der Waals surface area (Å²) in [5.74, 6) is -3.02. The molecule has 2 rings (SSSR count). The van der Waals surface area contributed by atoms with Crippen LogP contribution in [0.5, 0.6) is 0 Å². The van der Waals surface area contributed by atoms with Crippen LogP contribution in [-0.4, -0.2) is 39.6 Å². The Labute approximate surface area is 109 Å². The van der Waals surface area contributed by atoms with Gasteiger partial charge in [-0.15, -0.1) is 0 Å². The fourth-order valence-electron chi connectivity index (χ4n) is 2.34. The van der Waals surface area contributed by atoms with Crippen LogP contribution in [0.2, 0.25) is 0 Å². The zero-order valence-electron chi connectivity index (χ0n) is 10.1. The van der Waals surface area contributed by atoms with E-state index >= 15 is 0 Å². The van der Waals surface area contributed by atoms with Crippen LogP contribution in [-0.2, 0) is 16.1 Å². The van der Waals surface area contributed by atoms with E-state index in [-0.39, 0.29) is 18.8 Å². The summed E-state index contributed by atoms with van der Waals surface area (Å²) < 4.78 is 12.8. The first-order chi connectivity index (χ1) is 8.97. The highest BCUT2D eigenvalue weighted by Crippen LogP contribution is 2.25. The van der Waals surface area contributed by atoms with Gasteiger partial charge in [0.05, 0.1) is 5.92 Å². The summed E-state index contributed by atoms with van der Waals surface area (Å²) in [6, 6.07) is 4.95. The van der Waals surface area contributed by atoms with E-state index in [9.17, 15) is 14.0 Å². The lowest BCUT2D eigenvalue weighted by Crippen LogP contribution is -2.35. The molecule has 2 atom stereocenters. The Morgan fingerprint density at radius 2 is 1.84 bits per heavy atom. The second-order valence-electron chi connectivity index (χ2n) is 4.68. The van der Waals surface area contributed by atoms with E-state index in [0.717, 1.165) is 5.56 Å². The van der Waals surface area contributed by atoms with Crippen LogP contribution in [0.4, 0.5) is 4.39 Å². The fourth-order valence-corrected chi connectivity index (χ4v) is 2.34. The quantitative estimate of drug-likeness (QED) is 0.856. The molecule has 102 valence electrons. The van der Waals surface area contributed by atoms with Crippen LogP contribution < -0.4 is 0 Å². The molecular weight excluding hydrogens is 253 g/mol. The van der Waals surface area contributed by atoms with Gasteiger partial charge in [-0.1, -0.05) is 12.1 Å². The highest BCUT2D eigenvalue weighted by molar-refractivity contribution is 5.77. The summed E-state index contributed by atoms with van der Waals surface area (Å²) >= 11 is 0. The van der Waals surface area contributed by atoms with E-state index < -0.39 is 23.9 Å². The van der Waals surface area contributed by atoms with Crippen molar-refractivity contribution in [2.75, 3.05) is 6.54 Å². The molecule has 1 fully saturated rings. The lowest BCUT2D eigenvalue weighted by molar-refractivity contribution is -0.142. The van der Waals surface area contributed by atoms with Crippen molar-refractivity contribution in [2.45, 2.75) is 19.0 Å². The molecule has 1 aromatic carbocycles. The maximum absolute atomic E-state index is 12.8. The first-order valence-corrected chi connectivity index (χ1v) is 5.91. The summed E-state index contributed by atoms with van der Waals surface area (Å²) in [6.07, 6.45) is 0.103. The average Bonchev–Trinajstić information content (AvgIpc) is 2.76. The Morgan fingerprint density at radius 3 is 2.37 bits per heavy atom. The van der Waals surface area contributed by atoms with Gasteiger partial charge in [-0.3, -0.25) is 14.5 Å². The molecule has 0 saturated carbocycles.